The summed E-state index contributed by atoms with van der Waals surface area (Å²) in [4.78, 5) is 4.75. The zero-order chi connectivity index (χ0) is 44.6. The van der Waals surface area contributed by atoms with Crippen molar-refractivity contribution in [3.8, 4) is 22.3 Å². The summed E-state index contributed by atoms with van der Waals surface area (Å²) in [5.74, 6) is 0. The van der Waals surface area contributed by atoms with Crippen molar-refractivity contribution in [1.82, 2.24) is 0 Å². The van der Waals surface area contributed by atoms with Crippen LogP contribution >= 0.6 is 22.9 Å². The molecule has 2 nitrogen and oxygen atoms in total. The van der Waals surface area contributed by atoms with Gasteiger partial charge in [-0.15, -0.1) is 11.3 Å². The molecule has 9 rings (SSSR count). The molecule has 318 valence electrons. The summed E-state index contributed by atoms with van der Waals surface area (Å²) in [7, 11) is 0. The lowest BCUT2D eigenvalue weighted by atomic mass is 9.82. The van der Waals surface area contributed by atoms with Crippen LogP contribution in [0.2, 0.25) is 5.02 Å². The summed E-state index contributed by atoms with van der Waals surface area (Å²) in [6.07, 6.45) is 0. The maximum atomic E-state index is 8.11. The third kappa shape index (κ3) is 7.78. The Bertz CT molecular complexity index is 2900. The van der Waals surface area contributed by atoms with Gasteiger partial charge in [-0.1, -0.05) is 179 Å². The van der Waals surface area contributed by atoms with Gasteiger partial charge in [0, 0.05) is 37.9 Å². The van der Waals surface area contributed by atoms with Gasteiger partial charge >= 0.3 is 0 Å². The van der Waals surface area contributed by atoms with Gasteiger partial charge in [0.2, 0.25) is 0 Å². The first-order valence-electron chi connectivity index (χ1n) is 22.3. The van der Waals surface area contributed by atoms with Crippen molar-refractivity contribution in [2.75, 3.05) is 9.80 Å². The van der Waals surface area contributed by atoms with Crippen molar-refractivity contribution in [3.05, 3.63) is 190 Å². The minimum Gasteiger partial charge on any atom is -0.309 e. The third-order valence-corrected chi connectivity index (χ3v) is 14.4. The maximum Gasteiger partial charge on any atom is 0.0887 e. The molecule has 1 aromatic heterocycles. The summed E-state index contributed by atoms with van der Waals surface area (Å²) in [6.45, 7) is 25.1. The first-order valence-corrected chi connectivity index (χ1v) is 23.5. The largest absolute Gasteiger partial charge is 0.309 e. The number of hydrogen-bond donors (Lipinski definition) is 0. The Morgan fingerprint density at radius 2 is 0.905 bits per heavy atom. The van der Waals surface area contributed by atoms with Gasteiger partial charge in [-0.05, 0) is 127 Å². The smallest absolute Gasteiger partial charge is 0.0887 e. The molecule has 63 heavy (non-hydrogen) atoms. The summed E-state index contributed by atoms with van der Waals surface area (Å²) in [5.41, 5.74) is 17.5. The van der Waals surface area contributed by atoms with E-state index in [4.69, 9.17) is 11.6 Å². The zero-order valence-electron chi connectivity index (χ0n) is 38.7. The van der Waals surface area contributed by atoms with E-state index in [1.165, 1.54) is 49.0 Å². The lowest BCUT2D eigenvalue weighted by Gasteiger charge is -2.32. The molecule has 1 heterocycles. The molecule has 0 N–H and O–H groups in total. The normalized spacial score (nSPS) is 13.5. The number of halogens is 1. The van der Waals surface area contributed by atoms with Crippen molar-refractivity contribution in [2.45, 2.75) is 97.8 Å². The molecule has 0 spiro atoms. The number of nitrogens with zero attached hydrogens (tertiary/aromatic N) is 2. The topological polar surface area (TPSA) is 6.48 Å². The van der Waals surface area contributed by atoms with E-state index in [2.05, 4.69) is 243 Å². The quantitative estimate of drug-likeness (QED) is 0.157. The number of anilines is 6. The average Bonchev–Trinajstić information content (AvgIpc) is 3.76. The standard InChI is InChI=1S/C59H59ClN2S/c1-56(2,3)40-21-27-43(28-22-40)61(44-29-23-41(24-30-44)57(4,5)6)51-33-39(38-17-13-12-14-18-38)34-52(55(51)60)62(45-31-25-42(26-32-45)58(7,8)9)53-37-63-54-36-50-47(35-48(53)54)46-19-15-16-20-49(46)59(50,10)11/h12-37H,1-11H3. The third-order valence-electron chi connectivity index (χ3n) is 13.1. The van der Waals surface area contributed by atoms with Crippen LogP contribution in [0.15, 0.2) is 157 Å². The van der Waals surface area contributed by atoms with Crippen molar-refractivity contribution < 1.29 is 0 Å². The number of thiophene rings is 1. The van der Waals surface area contributed by atoms with Gasteiger partial charge in [-0.25, -0.2) is 0 Å². The van der Waals surface area contributed by atoms with E-state index in [1.807, 2.05) is 0 Å². The first-order chi connectivity index (χ1) is 29.8. The van der Waals surface area contributed by atoms with Gasteiger partial charge in [-0.2, -0.15) is 0 Å². The SMILES string of the molecule is CC(C)(C)c1ccc(N(c2ccc(C(C)(C)C)cc2)c2cc(-c3ccccc3)cc(N(c3ccc(C(C)(C)C)cc3)c3csc4cc5c(cc34)-c3ccccc3C5(C)C)c2Cl)cc1. The molecule has 0 bridgehead atoms. The van der Waals surface area contributed by atoms with E-state index in [0.717, 1.165) is 45.3 Å². The van der Waals surface area contributed by atoms with Crippen molar-refractivity contribution >= 4 is 67.1 Å². The Hall–Kier alpha value is -5.61. The minimum atomic E-state index is -0.0887. The molecular weight excluding hydrogens is 804 g/mol. The highest BCUT2D eigenvalue weighted by Gasteiger charge is 2.36. The van der Waals surface area contributed by atoms with Gasteiger partial charge in [0.15, 0.2) is 0 Å². The lowest BCUT2D eigenvalue weighted by Crippen LogP contribution is -2.16. The van der Waals surface area contributed by atoms with E-state index in [-0.39, 0.29) is 21.7 Å². The molecule has 0 atom stereocenters. The van der Waals surface area contributed by atoms with Crippen LogP contribution < -0.4 is 9.80 Å². The molecule has 0 unspecified atom stereocenters. The van der Waals surface area contributed by atoms with Gasteiger partial charge in [0.05, 0.1) is 22.1 Å². The van der Waals surface area contributed by atoms with Crippen molar-refractivity contribution in [3.63, 3.8) is 0 Å². The number of fused-ring (bicyclic) bond motifs is 4. The predicted octanol–water partition coefficient (Wildman–Crippen LogP) is 18.4. The summed E-state index contributed by atoms with van der Waals surface area (Å²) >= 11 is 9.91. The zero-order valence-corrected chi connectivity index (χ0v) is 40.3. The monoisotopic (exact) mass is 862 g/mol. The Morgan fingerprint density at radius 1 is 0.444 bits per heavy atom. The van der Waals surface area contributed by atoms with Crippen LogP contribution in [0.5, 0.6) is 0 Å². The second-order valence-corrected chi connectivity index (χ2v) is 22.2. The molecule has 0 saturated carbocycles. The van der Waals surface area contributed by atoms with Gasteiger partial charge in [0.1, 0.15) is 0 Å². The number of benzene rings is 7. The molecule has 0 radical (unpaired) electrons. The highest BCUT2D eigenvalue weighted by molar-refractivity contribution is 7.17. The Kier molecular flexibility index (Phi) is 10.6. The highest BCUT2D eigenvalue weighted by Crippen LogP contribution is 2.55. The molecular formula is C59H59ClN2S. The van der Waals surface area contributed by atoms with E-state index < -0.39 is 0 Å². The Morgan fingerprint density at radius 3 is 1.41 bits per heavy atom. The van der Waals surface area contributed by atoms with E-state index in [9.17, 15) is 0 Å². The van der Waals surface area contributed by atoms with Crippen molar-refractivity contribution in [1.29, 1.82) is 0 Å². The fourth-order valence-corrected chi connectivity index (χ4v) is 10.5. The molecule has 0 saturated heterocycles. The van der Waals surface area contributed by atoms with E-state index in [1.54, 1.807) is 11.3 Å². The second kappa shape index (κ2) is 15.6. The van der Waals surface area contributed by atoms with E-state index in [0.29, 0.717) is 5.02 Å². The molecule has 7 aromatic carbocycles. The van der Waals surface area contributed by atoms with Gasteiger partial charge in [-0.3, -0.25) is 0 Å². The van der Waals surface area contributed by atoms with Crippen LogP contribution in [-0.2, 0) is 21.7 Å². The van der Waals surface area contributed by atoms with Crippen LogP contribution in [0.4, 0.5) is 34.1 Å². The molecule has 1 aliphatic carbocycles. The molecule has 8 aromatic rings. The summed E-state index contributed by atoms with van der Waals surface area (Å²) < 4.78 is 1.26. The number of hydrogen-bond acceptors (Lipinski definition) is 3. The maximum absolute atomic E-state index is 8.11. The van der Waals surface area contributed by atoms with Crippen LogP contribution in [0.1, 0.15) is 104 Å². The number of rotatable bonds is 7. The predicted molar refractivity (Wildman–Crippen MR) is 275 cm³/mol. The van der Waals surface area contributed by atoms with Gasteiger partial charge in [0.25, 0.3) is 0 Å². The molecule has 0 aliphatic heterocycles. The van der Waals surface area contributed by atoms with Crippen LogP contribution in [-0.4, -0.2) is 0 Å². The van der Waals surface area contributed by atoms with Crippen LogP contribution in [0.3, 0.4) is 0 Å². The van der Waals surface area contributed by atoms with Crippen LogP contribution in [0, 0.1) is 0 Å². The van der Waals surface area contributed by atoms with Gasteiger partial charge < -0.3 is 9.80 Å². The highest BCUT2D eigenvalue weighted by atomic mass is 35.5. The molecule has 4 heteroatoms. The van der Waals surface area contributed by atoms with Crippen molar-refractivity contribution in [2.24, 2.45) is 0 Å². The molecule has 0 fully saturated rings. The fraction of sp³-hybridized carbons (Fsp3) is 0.254. The fourth-order valence-electron chi connectivity index (χ4n) is 9.26. The summed E-state index contributed by atoms with van der Waals surface area (Å²) in [5, 5.41) is 4.21. The lowest BCUT2D eigenvalue weighted by molar-refractivity contribution is 0.590. The van der Waals surface area contributed by atoms with Crippen LogP contribution in [0.25, 0.3) is 32.3 Å². The molecule has 0 amide bonds. The Labute approximate surface area is 384 Å². The first kappa shape index (κ1) is 42.7. The minimum absolute atomic E-state index is 0.00278. The average molecular weight is 864 g/mol. The Balaban J connectivity index is 1.33. The summed E-state index contributed by atoms with van der Waals surface area (Å²) in [6, 6.07) is 56.2. The van der Waals surface area contributed by atoms with E-state index >= 15 is 0 Å². The molecule has 1 aliphatic rings. The second-order valence-electron chi connectivity index (χ2n) is 20.9.